The van der Waals surface area contributed by atoms with E-state index in [1.807, 2.05) is 0 Å². The summed E-state index contributed by atoms with van der Waals surface area (Å²) in [7, 11) is 0. The molecule has 21 heavy (non-hydrogen) atoms. The molecule has 3 nitrogen and oxygen atoms in total. The number of thioether (sulfide) groups is 1. The van der Waals surface area contributed by atoms with E-state index in [-0.39, 0.29) is 0 Å². The minimum absolute atomic E-state index is 0.315. The zero-order valence-electron chi connectivity index (χ0n) is 10.9. The number of benzene rings is 2. The summed E-state index contributed by atoms with van der Waals surface area (Å²) >= 11 is 0.385. The standard InChI is InChI=1S/C15H13F2NO2S/c16-15(17)21-12-9-5-4-8-11(12)18-13(14(19)20)10-6-2-1-3-7-10/h1-9,13,15,18H,(H,19,20). The molecule has 0 saturated carbocycles. The van der Waals surface area contributed by atoms with E-state index < -0.39 is 17.8 Å². The van der Waals surface area contributed by atoms with Crippen LogP contribution in [0.25, 0.3) is 0 Å². The summed E-state index contributed by atoms with van der Waals surface area (Å²) in [6.07, 6.45) is 0. The highest BCUT2D eigenvalue weighted by atomic mass is 32.2. The van der Waals surface area contributed by atoms with Crippen molar-refractivity contribution in [2.24, 2.45) is 0 Å². The SMILES string of the molecule is O=C(O)C(Nc1ccccc1SC(F)F)c1ccccc1. The van der Waals surface area contributed by atoms with Gasteiger partial charge in [-0.05, 0) is 17.7 Å². The Morgan fingerprint density at radius 1 is 1.05 bits per heavy atom. The fraction of sp³-hybridized carbons (Fsp3) is 0.133. The lowest BCUT2D eigenvalue weighted by molar-refractivity contribution is -0.138. The van der Waals surface area contributed by atoms with E-state index in [1.165, 1.54) is 6.07 Å². The summed E-state index contributed by atoms with van der Waals surface area (Å²) < 4.78 is 25.1. The number of para-hydroxylation sites is 1. The molecule has 0 aliphatic carbocycles. The molecule has 0 amide bonds. The van der Waals surface area contributed by atoms with Crippen molar-refractivity contribution in [2.45, 2.75) is 16.7 Å². The van der Waals surface area contributed by atoms with Crippen LogP contribution >= 0.6 is 11.8 Å². The van der Waals surface area contributed by atoms with Gasteiger partial charge in [0, 0.05) is 10.6 Å². The van der Waals surface area contributed by atoms with Crippen molar-refractivity contribution in [3.05, 3.63) is 60.2 Å². The van der Waals surface area contributed by atoms with Crippen LogP contribution in [0.5, 0.6) is 0 Å². The molecule has 110 valence electrons. The highest BCUT2D eigenvalue weighted by molar-refractivity contribution is 7.99. The molecule has 2 rings (SSSR count). The summed E-state index contributed by atoms with van der Waals surface area (Å²) in [5.41, 5.74) is 0.931. The van der Waals surface area contributed by atoms with Gasteiger partial charge in [-0.15, -0.1) is 0 Å². The van der Waals surface area contributed by atoms with Gasteiger partial charge >= 0.3 is 5.97 Å². The first-order chi connectivity index (χ1) is 10.1. The third kappa shape index (κ3) is 4.19. The molecule has 1 unspecified atom stereocenters. The number of hydrogen-bond donors (Lipinski definition) is 2. The molecule has 1 atom stereocenters. The van der Waals surface area contributed by atoms with E-state index in [2.05, 4.69) is 5.32 Å². The van der Waals surface area contributed by atoms with E-state index in [0.717, 1.165) is 0 Å². The van der Waals surface area contributed by atoms with Crippen molar-refractivity contribution in [3.8, 4) is 0 Å². The van der Waals surface area contributed by atoms with Gasteiger partial charge in [0.05, 0.1) is 0 Å². The van der Waals surface area contributed by atoms with Gasteiger partial charge in [-0.3, -0.25) is 0 Å². The molecule has 0 saturated heterocycles. The Morgan fingerprint density at radius 3 is 2.29 bits per heavy atom. The lowest BCUT2D eigenvalue weighted by Gasteiger charge is -2.18. The van der Waals surface area contributed by atoms with Gasteiger partial charge in [0.15, 0.2) is 6.04 Å². The first-order valence-electron chi connectivity index (χ1n) is 6.16. The summed E-state index contributed by atoms with van der Waals surface area (Å²) in [6, 6.07) is 14.0. The van der Waals surface area contributed by atoms with Crippen LogP contribution in [-0.4, -0.2) is 16.8 Å². The fourth-order valence-corrected chi connectivity index (χ4v) is 2.48. The molecule has 2 aromatic rings. The maximum atomic E-state index is 12.5. The summed E-state index contributed by atoms with van der Waals surface area (Å²) in [4.78, 5) is 11.7. The van der Waals surface area contributed by atoms with Crippen LogP contribution in [0.4, 0.5) is 14.5 Å². The molecule has 0 bridgehead atoms. The number of aliphatic carboxylic acids is 1. The Balaban J connectivity index is 2.28. The first kappa shape index (κ1) is 15.3. The lowest BCUT2D eigenvalue weighted by atomic mass is 10.1. The van der Waals surface area contributed by atoms with Gasteiger partial charge in [0.1, 0.15) is 0 Å². The zero-order valence-corrected chi connectivity index (χ0v) is 11.7. The average Bonchev–Trinajstić information content (AvgIpc) is 2.46. The van der Waals surface area contributed by atoms with Crippen molar-refractivity contribution in [3.63, 3.8) is 0 Å². The number of rotatable bonds is 6. The number of carbonyl (C=O) groups is 1. The quantitative estimate of drug-likeness (QED) is 0.784. The van der Waals surface area contributed by atoms with Crippen LogP contribution < -0.4 is 5.32 Å². The average molecular weight is 309 g/mol. The van der Waals surface area contributed by atoms with E-state index in [0.29, 0.717) is 27.9 Å². The van der Waals surface area contributed by atoms with Gasteiger partial charge in [0.25, 0.3) is 5.76 Å². The van der Waals surface area contributed by atoms with E-state index in [4.69, 9.17) is 0 Å². The highest BCUT2D eigenvalue weighted by Gasteiger charge is 2.21. The Kier molecular flexibility index (Phi) is 5.16. The van der Waals surface area contributed by atoms with Crippen molar-refractivity contribution in [1.29, 1.82) is 0 Å². The van der Waals surface area contributed by atoms with E-state index in [9.17, 15) is 18.7 Å². The zero-order chi connectivity index (χ0) is 15.2. The molecule has 0 aromatic heterocycles. The third-order valence-electron chi connectivity index (χ3n) is 2.78. The normalized spacial score (nSPS) is 12.1. The third-order valence-corrected chi connectivity index (χ3v) is 3.57. The molecule has 0 aliphatic heterocycles. The van der Waals surface area contributed by atoms with Gasteiger partial charge in [-0.2, -0.15) is 8.78 Å². The van der Waals surface area contributed by atoms with Crippen molar-refractivity contribution < 1.29 is 18.7 Å². The molecule has 0 radical (unpaired) electrons. The summed E-state index contributed by atoms with van der Waals surface area (Å²) in [5, 5.41) is 12.2. The second-order valence-corrected chi connectivity index (χ2v) is 5.23. The maximum Gasteiger partial charge on any atom is 0.330 e. The van der Waals surface area contributed by atoms with Crippen LogP contribution in [0.1, 0.15) is 11.6 Å². The second-order valence-electron chi connectivity index (χ2n) is 4.20. The lowest BCUT2D eigenvalue weighted by Crippen LogP contribution is -2.20. The predicted octanol–water partition coefficient (Wildman–Crippen LogP) is 4.24. The predicted molar refractivity (Wildman–Crippen MR) is 78.7 cm³/mol. The Morgan fingerprint density at radius 2 is 1.67 bits per heavy atom. The summed E-state index contributed by atoms with van der Waals surface area (Å²) in [5.74, 6) is -3.63. The first-order valence-corrected chi connectivity index (χ1v) is 7.04. The minimum Gasteiger partial charge on any atom is -0.479 e. The Bertz CT molecular complexity index is 608. The van der Waals surface area contributed by atoms with Crippen LogP contribution in [0.2, 0.25) is 0 Å². The number of halogens is 2. The molecular weight excluding hydrogens is 296 g/mol. The maximum absolute atomic E-state index is 12.5. The van der Waals surface area contributed by atoms with Crippen LogP contribution in [0.15, 0.2) is 59.5 Å². The van der Waals surface area contributed by atoms with Gasteiger partial charge in [-0.25, -0.2) is 4.79 Å². The number of alkyl halides is 2. The van der Waals surface area contributed by atoms with E-state index in [1.54, 1.807) is 48.5 Å². The van der Waals surface area contributed by atoms with Crippen molar-refractivity contribution >= 4 is 23.4 Å². The molecular formula is C15H13F2NO2S. The number of anilines is 1. The summed E-state index contributed by atoms with van der Waals surface area (Å²) in [6.45, 7) is 0. The van der Waals surface area contributed by atoms with Crippen LogP contribution in [-0.2, 0) is 4.79 Å². The number of carboxylic acids is 1. The molecule has 2 N–H and O–H groups in total. The molecule has 0 fully saturated rings. The second kappa shape index (κ2) is 7.08. The topological polar surface area (TPSA) is 49.3 Å². The monoisotopic (exact) mass is 309 g/mol. The smallest absolute Gasteiger partial charge is 0.330 e. The Hall–Kier alpha value is -2.08. The largest absolute Gasteiger partial charge is 0.479 e. The fourth-order valence-electron chi connectivity index (χ4n) is 1.87. The number of nitrogens with one attached hydrogen (secondary N) is 1. The van der Waals surface area contributed by atoms with Crippen molar-refractivity contribution in [1.82, 2.24) is 0 Å². The van der Waals surface area contributed by atoms with Gasteiger partial charge < -0.3 is 10.4 Å². The van der Waals surface area contributed by atoms with Gasteiger partial charge in [-0.1, -0.05) is 54.2 Å². The van der Waals surface area contributed by atoms with Crippen LogP contribution in [0.3, 0.4) is 0 Å². The Labute approximate surface area is 125 Å². The van der Waals surface area contributed by atoms with Crippen LogP contribution in [0, 0.1) is 0 Å². The number of carboxylic acid groups (broad SMARTS) is 1. The highest BCUT2D eigenvalue weighted by Crippen LogP contribution is 2.33. The van der Waals surface area contributed by atoms with E-state index >= 15 is 0 Å². The van der Waals surface area contributed by atoms with Gasteiger partial charge in [0.2, 0.25) is 0 Å². The van der Waals surface area contributed by atoms with Crippen molar-refractivity contribution in [2.75, 3.05) is 5.32 Å². The minimum atomic E-state index is -2.56. The number of hydrogen-bond acceptors (Lipinski definition) is 3. The molecule has 0 aliphatic rings. The molecule has 0 heterocycles. The molecule has 2 aromatic carbocycles. The molecule has 0 spiro atoms. The molecule has 6 heteroatoms.